The van der Waals surface area contributed by atoms with Gasteiger partial charge in [-0.3, -0.25) is 0 Å². The number of hydrogen-bond acceptors (Lipinski definition) is 3. The lowest BCUT2D eigenvalue weighted by Gasteiger charge is -2.17. The van der Waals surface area contributed by atoms with E-state index in [9.17, 15) is 0 Å². The average Bonchev–Trinajstić information content (AvgIpc) is 2.89. The maximum atomic E-state index is 3.58. The zero-order valence-corrected chi connectivity index (χ0v) is 14.2. The van der Waals surface area contributed by atoms with Gasteiger partial charge in [-0.05, 0) is 53.6 Å². The normalized spacial score (nSPS) is 12.5. The largest absolute Gasteiger partial charge is 0.313 e. The monoisotopic (exact) mass is 355 g/mol. The number of halogens is 1. The molecule has 0 spiro atoms. The molecule has 102 valence electrons. The Bertz CT molecular complexity index is 485. The van der Waals surface area contributed by atoms with Crippen LogP contribution < -0.4 is 5.32 Å². The molecule has 0 radical (unpaired) electrons. The van der Waals surface area contributed by atoms with E-state index in [4.69, 9.17) is 0 Å². The quantitative estimate of drug-likeness (QED) is 0.714. The van der Waals surface area contributed by atoms with Crippen LogP contribution in [-0.2, 0) is 6.42 Å². The smallest absolute Gasteiger partial charge is 0.0202 e. The Morgan fingerprint density at radius 2 is 2.26 bits per heavy atom. The molecule has 1 aromatic carbocycles. The molecule has 0 aliphatic carbocycles. The van der Waals surface area contributed by atoms with Crippen LogP contribution in [0.5, 0.6) is 0 Å². The molecule has 0 fully saturated rings. The fourth-order valence-corrected chi connectivity index (χ4v) is 4.17. The molecule has 1 aromatic heterocycles. The van der Waals surface area contributed by atoms with Crippen molar-refractivity contribution in [3.63, 3.8) is 0 Å². The SMILES string of the molecule is CCNC(CSc1cccc(Br)c1)Cc1ccsc1. The van der Waals surface area contributed by atoms with Crippen molar-refractivity contribution in [1.29, 1.82) is 0 Å². The van der Waals surface area contributed by atoms with E-state index in [1.807, 2.05) is 11.8 Å². The highest BCUT2D eigenvalue weighted by molar-refractivity contribution is 9.10. The van der Waals surface area contributed by atoms with Gasteiger partial charge in [-0.2, -0.15) is 11.3 Å². The maximum Gasteiger partial charge on any atom is 0.0202 e. The highest BCUT2D eigenvalue weighted by atomic mass is 79.9. The molecular formula is C15H18BrNS2. The first-order chi connectivity index (χ1) is 9.28. The second-order valence-corrected chi connectivity index (χ2v) is 7.15. The van der Waals surface area contributed by atoms with Gasteiger partial charge in [0.15, 0.2) is 0 Å². The van der Waals surface area contributed by atoms with E-state index in [0.29, 0.717) is 6.04 Å². The second-order valence-electron chi connectivity index (χ2n) is 4.36. The van der Waals surface area contributed by atoms with E-state index in [1.165, 1.54) is 10.5 Å². The number of benzene rings is 1. The van der Waals surface area contributed by atoms with Crippen LogP contribution >= 0.6 is 39.0 Å². The molecule has 1 nitrogen and oxygen atoms in total. The number of thioether (sulfide) groups is 1. The van der Waals surface area contributed by atoms with E-state index in [0.717, 1.165) is 23.2 Å². The Kier molecular flexibility index (Phi) is 6.44. The van der Waals surface area contributed by atoms with Crippen LogP contribution in [0.25, 0.3) is 0 Å². The van der Waals surface area contributed by atoms with Crippen molar-refractivity contribution < 1.29 is 0 Å². The van der Waals surface area contributed by atoms with E-state index in [1.54, 1.807) is 11.3 Å². The summed E-state index contributed by atoms with van der Waals surface area (Å²) in [4.78, 5) is 1.32. The first-order valence-electron chi connectivity index (χ1n) is 6.40. The first-order valence-corrected chi connectivity index (χ1v) is 9.13. The van der Waals surface area contributed by atoms with Crippen LogP contribution in [-0.4, -0.2) is 18.3 Å². The number of nitrogens with one attached hydrogen (secondary N) is 1. The minimum atomic E-state index is 0.531. The van der Waals surface area contributed by atoms with Crippen LogP contribution in [0, 0.1) is 0 Å². The topological polar surface area (TPSA) is 12.0 Å². The van der Waals surface area contributed by atoms with Crippen molar-refractivity contribution in [2.24, 2.45) is 0 Å². The summed E-state index contributed by atoms with van der Waals surface area (Å²) in [6, 6.07) is 11.3. The molecule has 0 saturated carbocycles. The molecule has 1 unspecified atom stereocenters. The van der Waals surface area contributed by atoms with Crippen LogP contribution in [0.4, 0.5) is 0 Å². The first kappa shape index (κ1) is 15.1. The van der Waals surface area contributed by atoms with Crippen molar-refractivity contribution in [2.45, 2.75) is 24.3 Å². The Hall–Kier alpha value is -0.290. The van der Waals surface area contributed by atoms with Crippen molar-refractivity contribution in [1.82, 2.24) is 5.32 Å². The van der Waals surface area contributed by atoms with Gasteiger partial charge in [0.2, 0.25) is 0 Å². The number of thiophene rings is 1. The molecule has 4 heteroatoms. The molecule has 0 amide bonds. The van der Waals surface area contributed by atoms with E-state index in [2.05, 4.69) is 69.3 Å². The third-order valence-electron chi connectivity index (χ3n) is 2.80. The van der Waals surface area contributed by atoms with E-state index < -0.39 is 0 Å². The minimum absolute atomic E-state index is 0.531. The molecule has 0 aliphatic heterocycles. The van der Waals surface area contributed by atoms with Gasteiger partial charge in [0.05, 0.1) is 0 Å². The summed E-state index contributed by atoms with van der Waals surface area (Å²) in [5.74, 6) is 1.10. The Balaban J connectivity index is 1.89. The summed E-state index contributed by atoms with van der Waals surface area (Å²) in [5, 5.41) is 7.97. The summed E-state index contributed by atoms with van der Waals surface area (Å²) in [6.07, 6.45) is 1.11. The third kappa shape index (κ3) is 5.30. The number of rotatable bonds is 7. The fraction of sp³-hybridized carbons (Fsp3) is 0.333. The predicted molar refractivity (Wildman–Crippen MR) is 90.4 cm³/mol. The minimum Gasteiger partial charge on any atom is -0.313 e. The van der Waals surface area contributed by atoms with Gasteiger partial charge >= 0.3 is 0 Å². The van der Waals surface area contributed by atoms with Gasteiger partial charge in [0, 0.05) is 21.2 Å². The van der Waals surface area contributed by atoms with Gasteiger partial charge < -0.3 is 5.32 Å². The predicted octanol–water partition coefficient (Wildman–Crippen LogP) is 4.82. The van der Waals surface area contributed by atoms with E-state index in [-0.39, 0.29) is 0 Å². The molecule has 0 bridgehead atoms. The fourth-order valence-electron chi connectivity index (χ4n) is 1.93. The lowest BCUT2D eigenvalue weighted by atomic mass is 10.1. The summed E-state index contributed by atoms with van der Waals surface area (Å²) in [5.41, 5.74) is 1.44. The molecule has 1 heterocycles. The van der Waals surface area contributed by atoms with Gasteiger partial charge in [-0.1, -0.05) is 28.9 Å². The molecule has 0 saturated heterocycles. The van der Waals surface area contributed by atoms with Crippen molar-refractivity contribution in [3.05, 3.63) is 51.1 Å². The molecular weight excluding hydrogens is 338 g/mol. The summed E-state index contributed by atoms with van der Waals surface area (Å²) in [7, 11) is 0. The van der Waals surface area contributed by atoms with Crippen LogP contribution in [0.3, 0.4) is 0 Å². The van der Waals surface area contributed by atoms with E-state index >= 15 is 0 Å². The van der Waals surface area contributed by atoms with Crippen molar-refractivity contribution in [3.8, 4) is 0 Å². The lowest BCUT2D eigenvalue weighted by molar-refractivity contribution is 0.573. The maximum absolute atomic E-state index is 3.58. The molecule has 2 rings (SSSR count). The van der Waals surface area contributed by atoms with Crippen LogP contribution in [0.1, 0.15) is 12.5 Å². The lowest BCUT2D eigenvalue weighted by Crippen LogP contribution is -2.33. The summed E-state index contributed by atoms with van der Waals surface area (Å²) >= 11 is 7.21. The zero-order chi connectivity index (χ0) is 13.5. The van der Waals surface area contributed by atoms with Gasteiger partial charge in [0.1, 0.15) is 0 Å². The third-order valence-corrected chi connectivity index (χ3v) is 5.18. The standard InChI is InChI=1S/C15H18BrNS2/c1-2-17-14(8-12-6-7-18-10-12)11-19-15-5-3-4-13(16)9-15/h3-7,9-10,14,17H,2,8,11H2,1H3. The summed E-state index contributed by atoms with van der Waals surface area (Å²) in [6.45, 7) is 3.19. The van der Waals surface area contributed by atoms with Gasteiger partial charge in [-0.25, -0.2) is 0 Å². The molecule has 19 heavy (non-hydrogen) atoms. The summed E-state index contributed by atoms with van der Waals surface area (Å²) < 4.78 is 1.15. The highest BCUT2D eigenvalue weighted by Gasteiger charge is 2.09. The second kappa shape index (κ2) is 8.10. The Morgan fingerprint density at radius 3 is 2.95 bits per heavy atom. The average molecular weight is 356 g/mol. The number of hydrogen-bond donors (Lipinski definition) is 1. The Morgan fingerprint density at radius 1 is 1.37 bits per heavy atom. The molecule has 1 atom stereocenters. The van der Waals surface area contributed by atoms with Gasteiger partial charge in [-0.15, -0.1) is 11.8 Å². The van der Waals surface area contributed by atoms with Gasteiger partial charge in [0.25, 0.3) is 0 Å². The molecule has 1 N–H and O–H groups in total. The van der Waals surface area contributed by atoms with Crippen molar-refractivity contribution in [2.75, 3.05) is 12.3 Å². The number of likely N-dealkylation sites (N-methyl/N-ethyl adjacent to an activating group) is 1. The highest BCUT2D eigenvalue weighted by Crippen LogP contribution is 2.23. The van der Waals surface area contributed by atoms with Crippen LogP contribution in [0.15, 0.2) is 50.5 Å². The zero-order valence-electron chi connectivity index (χ0n) is 10.9. The van der Waals surface area contributed by atoms with Crippen LogP contribution in [0.2, 0.25) is 0 Å². The molecule has 0 aliphatic rings. The molecule has 2 aromatic rings. The Labute approximate surface area is 131 Å². The van der Waals surface area contributed by atoms with Crippen molar-refractivity contribution >= 4 is 39.0 Å².